The second-order valence-corrected chi connectivity index (χ2v) is 37.9. The molecule has 7 aliphatic heterocycles. The van der Waals surface area contributed by atoms with Crippen molar-refractivity contribution in [3.05, 3.63) is 313 Å². The summed E-state index contributed by atoms with van der Waals surface area (Å²) in [6, 6.07) is 54.6. The van der Waals surface area contributed by atoms with E-state index in [1.165, 1.54) is 55.2 Å². The van der Waals surface area contributed by atoms with Crippen molar-refractivity contribution in [3.63, 3.8) is 0 Å². The lowest BCUT2D eigenvalue weighted by Crippen LogP contribution is -2.36. The number of anilines is 4. The number of nitrogens with zero attached hydrogens (tertiary/aromatic N) is 19. The molecule has 0 radical (unpaired) electrons. The molecular weight excluding hydrogens is 1880 g/mol. The number of carbonyl (C=O) groups is 8. The number of hydrogen-bond donors (Lipinski definition) is 8. The second kappa shape index (κ2) is 45.5. The van der Waals surface area contributed by atoms with Crippen molar-refractivity contribution >= 4 is 114 Å². The first kappa shape index (κ1) is 97.6. The quantitative estimate of drug-likeness (QED) is 0.0278. The Morgan fingerprint density at radius 1 is 0.268 bits per heavy atom. The van der Waals surface area contributed by atoms with Crippen LogP contribution in [-0.4, -0.2) is 267 Å². The van der Waals surface area contributed by atoms with Gasteiger partial charge in [0.2, 0.25) is 0 Å². The van der Waals surface area contributed by atoms with Crippen LogP contribution in [0, 0.1) is 0 Å². The van der Waals surface area contributed by atoms with Crippen molar-refractivity contribution in [3.8, 4) is 56.0 Å². The maximum Gasteiger partial charge on any atom is 0.276 e. The molecule has 0 spiro atoms. The van der Waals surface area contributed by atoms with Crippen LogP contribution in [0.25, 0.3) is 88.1 Å². The number of pyridine rings is 8. The summed E-state index contributed by atoms with van der Waals surface area (Å²) in [5, 5.41) is 43.0. The number of nitrogens with one attached hydrogen (secondary N) is 8. The Hall–Kier alpha value is -17.4. The molecule has 24 rings (SSSR count). The highest BCUT2D eigenvalue weighted by molar-refractivity contribution is 6.15. The number of H-pyrrole nitrogens is 4. The van der Waals surface area contributed by atoms with Gasteiger partial charge in [-0.3, -0.25) is 93.4 Å². The summed E-state index contributed by atoms with van der Waals surface area (Å²) in [7, 11) is 0. The Labute approximate surface area is 856 Å². The summed E-state index contributed by atoms with van der Waals surface area (Å²) in [5.74, 6) is -0.389. The fourth-order valence-electron chi connectivity index (χ4n) is 19.4. The first-order chi connectivity index (χ1) is 73.0. The number of rotatable bonds is 24. The Morgan fingerprint density at radius 3 is 0.839 bits per heavy atom. The highest BCUT2D eigenvalue weighted by atomic mass is 16.5. The lowest BCUT2D eigenvalue weighted by Gasteiger charge is -2.30. The van der Waals surface area contributed by atoms with Gasteiger partial charge in [0.05, 0.1) is 89.0 Å². The molecule has 37 heteroatoms. The molecule has 12 aromatic heterocycles. The summed E-state index contributed by atoms with van der Waals surface area (Å²) in [6.45, 7) is 16.6. The number of fused-ring (bicyclic) bond motifs is 4. The predicted molar refractivity (Wildman–Crippen MR) is 564 cm³/mol. The monoisotopic (exact) mass is 1990 g/mol. The highest BCUT2D eigenvalue weighted by Gasteiger charge is 2.30. The van der Waals surface area contributed by atoms with Gasteiger partial charge in [-0.15, -0.1) is 0 Å². The second-order valence-electron chi connectivity index (χ2n) is 37.9. The Morgan fingerprint density at radius 2 is 0.550 bits per heavy atom. The maximum absolute atomic E-state index is 13.1. The fourth-order valence-corrected chi connectivity index (χ4v) is 19.4. The molecule has 0 bridgehead atoms. The van der Waals surface area contributed by atoms with E-state index in [9.17, 15) is 38.4 Å². The molecule has 17 aromatic rings. The van der Waals surface area contributed by atoms with Crippen LogP contribution in [0.4, 0.5) is 22.7 Å². The molecule has 0 saturated carbocycles. The van der Waals surface area contributed by atoms with Crippen LogP contribution in [0.3, 0.4) is 0 Å². The van der Waals surface area contributed by atoms with Crippen molar-refractivity contribution in [2.45, 2.75) is 90.3 Å². The Kier molecular flexibility index (Phi) is 29.8. The van der Waals surface area contributed by atoms with Crippen LogP contribution in [0.1, 0.15) is 171 Å². The van der Waals surface area contributed by atoms with E-state index in [4.69, 9.17) is 9.47 Å². The minimum atomic E-state index is -0.381. The van der Waals surface area contributed by atoms with Gasteiger partial charge in [0.1, 0.15) is 34.3 Å². The summed E-state index contributed by atoms with van der Waals surface area (Å²) in [6.07, 6.45) is 32.6. The maximum atomic E-state index is 13.1. The van der Waals surface area contributed by atoms with E-state index in [1.807, 2.05) is 161 Å². The summed E-state index contributed by atoms with van der Waals surface area (Å²) in [5.41, 5.74) is 18.8. The zero-order valence-corrected chi connectivity index (χ0v) is 82.0. The molecular formula is C112H109N27O10. The number of hydrogen-bond acceptors (Lipinski definition) is 25. The van der Waals surface area contributed by atoms with E-state index in [0.29, 0.717) is 73.4 Å². The van der Waals surface area contributed by atoms with Crippen LogP contribution in [0.15, 0.2) is 250 Å². The van der Waals surface area contributed by atoms with Gasteiger partial charge in [0, 0.05) is 172 Å². The van der Waals surface area contributed by atoms with E-state index in [1.54, 1.807) is 65.8 Å². The average Bonchev–Trinajstić information content (AvgIpc) is 1.66. The third-order valence-corrected chi connectivity index (χ3v) is 27.5. The summed E-state index contributed by atoms with van der Waals surface area (Å²) >= 11 is 0. The number of para-hydroxylation sites is 1. The Balaban J connectivity index is 0.000000116. The third-order valence-electron chi connectivity index (χ3n) is 27.5. The number of aromatic amines is 4. The molecule has 0 aliphatic carbocycles. The SMILES string of the molecule is O=C(Nc1ccc(C(=O)N2CCCC2)nc1)c1n[nH]c2ccc(-c3cncc(CN4CCC4)c3)cc12.O=C(Nc1ccc(C(=O)N2CCCC2)nc1)c1n[nH]c2ccc(-c3cncc(CN4CCCC4)c3)cc12.O=C(Nc1ccc(C(=O)N2CCCC2)nc1)c1n[nH]c2ccc(-c3cncc(CN4CCOCC4)c3)cc12.O=C(Nc1ccc(C(=O)N2CCCC2)nc1)c1n[nH]c2ccc(-c3cncc(Oc4ccccc4)c3)cc12. The van der Waals surface area contributed by atoms with Crippen molar-refractivity contribution in [2.75, 3.05) is 126 Å². The number of carbonyl (C=O) groups excluding carboxylic acids is 8. The van der Waals surface area contributed by atoms with Crippen LogP contribution in [0.5, 0.6) is 11.5 Å². The number of benzene rings is 5. The van der Waals surface area contributed by atoms with E-state index >= 15 is 0 Å². The van der Waals surface area contributed by atoms with E-state index in [0.717, 1.165) is 265 Å². The van der Waals surface area contributed by atoms with Crippen molar-refractivity contribution in [2.24, 2.45) is 0 Å². The number of ether oxygens (including phenoxy) is 2. The molecule has 8 amide bonds. The zero-order valence-electron chi connectivity index (χ0n) is 82.0. The Bertz CT molecular complexity index is 7730. The predicted octanol–water partition coefficient (Wildman–Crippen LogP) is 16.5. The fraction of sp³-hybridized carbons (Fsp3) is 0.268. The van der Waals surface area contributed by atoms with Gasteiger partial charge in [0.25, 0.3) is 47.3 Å². The number of morpholine rings is 1. The molecule has 752 valence electrons. The molecule has 7 saturated heterocycles. The number of amides is 8. The van der Waals surface area contributed by atoms with Gasteiger partial charge < -0.3 is 50.3 Å². The number of likely N-dealkylation sites (tertiary alicyclic amines) is 6. The van der Waals surface area contributed by atoms with Crippen LogP contribution < -0.4 is 26.0 Å². The van der Waals surface area contributed by atoms with E-state index < -0.39 is 0 Å². The summed E-state index contributed by atoms with van der Waals surface area (Å²) < 4.78 is 11.4. The van der Waals surface area contributed by atoms with Gasteiger partial charge in [-0.25, -0.2) is 19.9 Å². The molecule has 0 atom stereocenters. The first-order valence-electron chi connectivity index (χ1n) is 50.5. The largest absolute Gasteiger partial charge is 0.456 e. The first-order valence-corrected chi connectivity index (χ1v) is 50.5. The van der Waals surface area contributed by atoms with Gasteiger partial charge in [-0.2, -0.15) is 20.4 Å². The molecule has 0 unspecified atom stereocenters. The molecule has 37 nitrogen and oxygen atoms in total. The van der Waals surface area contributed by atoms with Crippen LogP contribution in [0.2, 0.25) is 0 Å². The van der Waals surface area contributed by atoms with Crippen LogP contribution in [-0.2, 0) is 24.4 Å². The number of aromatic nitrogens is 16. The van der Waals surface area contributed by atoms with Gasteiger partial charge >= 0.3 is 0 Å². The minimum Gasteiger partial charge on any atom is -0.456 e. The topological polar surface area (TPSA) is 444 Å². The molecule has 19 heterocycles. The molecule has 8 N–H and O–H groups in total. The smallest absolute Gasteiger partial charge is 0.276 e. The van der Waals surface area contributed by atoms with Crippen molar-refractivity contribution in [1.29, 1.82) is 0 Å². The summed E-state index contributed by atoms with van der Waals surface area (Å²) in [4.78, 5) is 152. The normalized spacial score (nSPS) is 15.2. The zero-order chi connectivity index (χ0) is 101. The van der Waals surface area contributed by atoms with Crippen molar-refractivity contribution in [1.82, 2.24) is 115 Å². The van der Waals surface area contributed by atoms with Gasteiger partial charge in [0.15, 0.2) is 22.8 Å². The molecule has 5 aromatic carbocycles. The average molecular weight is 1990 g/mol. The molecule has 7 aliphatic rings. The van der Waals surface area contributed by atoms with E-state index in [2.05, 4.69) is 135 Å². The van der Waals surface area contributed by atoms with Gasteiger partial charge in [-0.05, 0) is 269 Å². The van der Waals surface area contributed by atoms with Gasteiger partial charge in [-0.1, -0.05) is 42.5 Å². The minimum absolute atomic E-state index is 0.0693. The molecule has 149 heavy (non-hydrogen) atoms. The standard InChI is InChI=1S/C29H24N6O3.C28H29N7O3.C28H29N7O2.C27H27N7O2/c36-28(32-21-9-11-26(31-17-21)29(37)35-12-4-5-13-35)27-24-15-19(8-10-25(24)33-34-27)20-14-23(18-30-16-20)38-22-6-2-1-3-7-22;36-27(31-22-4-6-25(30-17-22)28(37)35-7-1-2-8-35)26-23-14-20(3-5-24(23)32-33-26)21-13-19(15-29-16-21)18-34-9-11-38-12-10-34;36-27(31-22-6-8-25(30-17-22)28(37)35-11-3-4-12-35)26-23-14-20(5-7-24(23)32-33-26)21-13-19(15-29-16-21)18-34-9-1-2-10-34;35-26(30-21-5-7-24(29-16-21)27(36)34-10-1-2-11-34)25-22-13-19(4-6-23(22)31-32-25)20-12-18(14-28-15-20)17-33-8-3-9-33/h1-3,6-11,14-18H,4-5,12-13H2,(H,32,36)(H,33,34);3-6,13-17H,1-2,7-12,18H2,(H,31,36)(H,32,33);5-8,13-17H,1-4,9-12,18H2,(H,31,36)(H,32,33);4-7,12-16H,1-3,8-11,17H2,(H,30,35)(H,31,32). The van der Waals surface area contributed by atoms with Crippen molar-refractivity contribution < 1.29 is 47.8 Å². The third kappa shape index (κ3) is 23.4. The van der Waals surface area contributed by atoms with E-state index in [-0.39, 0.29) is 58.6 Å². The molecule has 7 fully saturated rings. The lowest BCUT2D eigenvalue weighted by molar-refractivity contribution is 0.0341. The van der Waals surface area contributed by atoms with Crippen LogP contribution >= 0.6 is 0 Å². The highest BCUT2D eigenvalue weighted by Crippen LogP contribution is 2.35. The lowest BCUT2D eigenvalue weighted by atomic mass is 10.0.